The van der Waals surface area contributed by atoms with E-state index in [1.807, 2.05) is 56.3 Å². The minimum atomic E-state index is -0.366. The van der Waals surface area contributed by atoms with Crippen molar-refractivity contribution in [1.29, 1.82) is 0 Å². The molecule has 0 fully saturated rings. The lowest BCUT2D eigenvalue weighted by molar-refractivity contribution is -0.123. The Labute approximate surface area is 196 Å². The van der Waals surface area contributed by atoms with E-state index in [1.165, 1.54) is 0 Å². The predicted octanol–water partition coefficient (Wildman–Crippen LogP) is 4.45. The average molecular weight is 450 g/mol. The van der Waals surface area contributed by atoms with Gasteiger partial charge in [-0.05, 0) is 41.5 Å². The van der Waals surface area contributed by atoms with Crippen molar-refractivity contribution in [3.05, 3.63) is 65.2 Å². The molecule has 176 valence electrons. The molecule has 0 radical (unpaired) electrons. The van der Waals surface area contributed by atoms with Gasteiger partial charge in [0.05, 0.1) is 6.54 Å². The maximum absolute atomic E-state index is 12.6. The molecule has 3 rings (SSSR count). The van der Waals surface area contributed by atoms with Crippen molar-refractivity contribution in [2.24, 2.45) is 11.8 Å². The topological polar surface area (TPSA) is 87.3 Å². The van der Waals surface area contributed by atoms with Crippen LogP contribution in [-0.2, 0) is 22.6 Å². The van der Waals surface area contributed by atoms with Gasteiger partial charge in [0, 0.05) is 37.0 Å². The minimum Gasteiger partial charge on any atom is -0.384 e. The highest BCUT2D eigenvalue weighted by molar-refractivity contribution is 5.87. The predicted molar refractivity (Wildman–Crippen MR) is 131 cm³/mol. The second-order valence-electron chi connectivity index (χ2n) is 8.93. The van der Waals surface area contributed by atoms with Crippen LogP contribution in [0.1, 0.15) is 56.2 Å². The molecule has 2 aromatic carbocycles. The number of carbonyl (C=O) groups excluding carboxylic acids is 3. The lowest BCUT2D eigenvalue weighted by Gasteiger charge is -2.22. The van der Waals surface area contributed by atoms with E-state index in [4.69, 9.17) is 0 Å². The van der Waals surface area contributed by atoms with E-state index >= 15 is 0 Å². The summed E-state index contributed by atoms with van der Waals surface area (Å²) in [5, 5.41) is 8.86. The van der Waals surface area contributed by atoms with Crippen molar-refractivity contribution in [1.82, 2.24) is 10.6 Å². The Morgan fingerprint density at radius 3 is 2.58 bits per heavy atom. The molecule has 0 spiro atoms. The van der Waals surface area contributed by atoms with E-state index < -0.39 is 0 Å². The zero-order valence-electron chi connectivity index (χ0n) is 19.8. The van der Waals surface area contributed by atoms with Crippen molar-refractivity contribution in [2.45, 2.75) is 52.5 Å². The number of ketones is 2. The molecule has 2 aromatic rings. The van der Waals surface area contributed by atoms with Gasteiger partial charge in [0.25, 0.3) is 0 Å². The third-order valence-corrected chi connectivity index (χ3v) is 6.73. The van der Waals surface area contributed by atoms with Gasteiger partial charge in [-0.1, -0.05) is 63.2 Å². The molecule has 1 heterocycles. The Balaban J connectivity index is 1.50. The highest BCUT2D eigenvalue weighted by Crippen LogP contribution is 2.26. The number of hydrogen-bond acceptors (Lipinski definition) is 4. The van der Waals surface area contributed by atoms with Crippen LogP contribution in [0.4, 0.5) is 10.5 Å². The number of urea groups is 1. The van der Waals surface area contributed by atoms with Gasteiger partial charge in [-0.15, -0.1) is 0 Å². The van der Waals surface area contributed by atoms with Gasteiger partial charge in [-0.3, -0.25) is 9.59 Å². The first-order valence-electron chi connectivity index (χ1n) is 11.9. The summed E-state index contributed by atoms with van der Waals surface area (Å²) in [5.41, 5.74) is 4.24. The summed E-state index contributed by atoms with van der Waals surface area (Å²) in [6.45, 7) is 6.99. The molecule has 3 atom stereocenters. The highest BCUT2D eigenvalue weighted by atomic mass is 16.2. The quantitative estimate of drug-likeness (QED) is 0.556. The Kier molecular flexibility index (Phi) is 8.64. The van der Waals surface area contributed by atoms with E-state index in [0.717, 1.165) is 28.8 Å². The molecule has 0 saturated heterocycles. The normalized spacial score (nSPS) is 17.5. The number of rotatable bonds is 8. The zero-order valence-corrected chi connectivity index (χ0v) is 19.8. The van der Waals surface area contributed by atoms with E-state index in [2.05, 4.69) is 28.9 Å². The Morgan fingerprint density at radius 2 is 1.85 bits per heavy atom. The molecule has 0 bridgehead atoms. The lowest BCUT2D eigenvalue weighted by atomic mass is 9.86. The monoisotopic (exact) mass is 449 g/mol. The number of anilines is 1. The van der Waals surface area contributed by atoms with E-state index in [-0.39, 0.29) is 36.1 Å². The number of Topliss-reactive ketones (excluding diaryl/α,β-unsaturated/α-hetero) is 2. The molecule has 3 N–H and O–H groups in total. The van der Waals surface area contributed by atoms with Crippen LogP contribution in [-0.4, -0.2) is 30.7 Å². The second-order valence-corrected chi connectivity index (χ2v) is 8.93. The van der Waals surface area contributed by atoms with Gasteiger partial charge in [0.1, 0.15) is 5.78 Å². The Morgan fingerprint density at radius 1 is 1.09 bits per heavy atom. The van der Waals surface area contributed by atoms with Gasteiger partial charge in [-0.25, -0.2) is 4.79 Å². The first-order chi connectivity index (χ1) is 15.9. The summed E-state index contributed by atoms with van der Waals surface area (Å²) in [4.78, 5) is 37.1. The fourth-order valence-corrected chi connectivity index (χ4v) is 4.27. The molecule has 1 aliphatic rings. The van der Waals surface area contributed by atoms with E-state index in [1.54, 1.807) is 0 Å². The third kappa shape index (κ3) is 6.67. The fourth-order valence-electron chi connectivity index (χ4n) is 4.27. The first-order valence-corrected chi connectivity index (χ1v) is 11.9. The molecule has 6 heteroatoms. The second kappa shape index (κ2) is 11.6. The van der Waals surface area contributed by atoms with Crippen LogP contribution in [0.5, 0.6) is 0 Å². The van der Waals surface area contributed by atoms with Gasteiger partial charge in [0.15, 0.2) is 5.78 Å². The van der Waals surface area contributed by atoms with Gasteiger partial charge < -0.3 is 16.0 Å². The first kappa shape index (κ1) is 24.5. The van der Waals surface area contributed by atoms with Crippen molar-refractivity contribution in [3.63, 3.8) is 0 Å². The molecule has 2 unspecified atom stereocenters. The summed E-state index contributed by atoms with van der Waals surface area (Å²) < 4.78 is 0. The zero-order chi connectivity index (χ0) is 23.8. The third-order valence-electron chi connectivity index (χ3n) is 6.73. The summed E-state index contributed by atoms with van der Waals surface area (Å²) in [6.07, 6.45) is 2.10. The molecule has 33 heavy (non-hydrogen) atoms. The Hall–Kier alpha value is -3.15. The molecule has 0 aliphatic carbocycles. The molecular weight excluding hydrogens is 414 g/mol. The van der Waals surface area contributed by atoms with Crippen LogP contribution in [0, 0.1) is 11.8 Å². The van der Waals surface area contributed by atoms with E-state index in [0.29, 0.717) is 31.7 Å². The van der Waals surface area contributed by atoms with Gasteiger partial charge in [-0.2, -0.15) is 0 Å². The summed E-state index contributed by atoms with van der Waals surface area (Å²) in [5.74, 6) is 0.245. The van der Waals surface area contributed by atoms with Crippen molar-refractivity contribution < 1.29 is 14.4 Å². The number of fused-ring (bicyclic) bond motifs is 1. The highest BCUT2D eigenvalue weighted by Gasteiger charge is 2.22. The van der Waals surface area contributed by atoms with Crippen LogP contribution in [0.2, 0.25) is 0 Å². The maximum atomic E-state index is 12.6. The molecular formula is C27H35N3O3. The molecule has 1 aliphatic heterocycles. The number of benzene rings is 2. The van der Waals surface area contributed by atoms with Crippen LogP contribution in [0.15, 0.2) is 48.5 Å². The van der Waals surface area contributed by atoms with Crippen LogP contribution in [0.25, 0.3) is 0 Å². The summed E-state index contributed by atoms with van der Waals surface area (Å²) in [7, 11) is 0. The fraction of sp³-hybridized carbons (Fsp3) is 0.444. The molecule has 6 nitrogen and oxygen atoms in total. The van der Waals surface area contributed by atoms with Crippen LogP contribution < -0.4 is 16.0 Å². The SMILES string of the molecule is CCC1Cc2cc(CNC(=O)NCC(=O)C(C)[C@H](C)c3ccccc3)ccc2NCCC1=O. The number of amides is 2. The smallest absolute Gasteiger partial charge is 0.315 e. The summed E-state index contributed by atoms with van der Waals surface area (Å²) >= 11 is 0. The molecule has 0 aromatic heterocycles. The minimum absolute atomic E-state index is 0.00142. The standard InChI is InChI=1S/C27H35N3O3/c1-4-21-15-23-14-20(10-11-24(23)28-13-12-25(21)31)16-29-27(33)30-17-26(32)19(3)18(2)22-8-6-5-7-9-22/h5-11,14,18-19,21,28H,4,12-13,15-17H2,1-3H3,(H2,29,30,33)/t18-,19?,21?/m0/s1. The number of hydrogen-bond donors (Lipinski definition) is 3. The molecule has 2 amide bonds. The largest absolute Gasteiger partial charge is 0.384 e. The van der Waals surface area contributed by atoms with E-state index in [9.17, 15) is 14.4 Å². The van der Waals surface area contributed by atoms with Crippen LogP contribution >= 0.6 is 0 Å². The van der Waals surface area contributed by atoms with Crippen molar-refractivity contribution in [2.75, 3.05) is 18.4 Å². The van der Waals surface area contributed by atoms with Gasteiger partial charge >= 0.3 is 6.03 Å². The van der Waals surface area contributed by atoms with Crippen LogP contribution in [0.3, 0.4) is 0 Å². The number of nitrogens with one attached hydrogen (secondary N) is 3. The lowest BCUT2D eigenvalue weighted by Crippen LogP contribution is -2.40. The maximum Gasteiger partial charge on any atom is 0.315 e. The summed E-state index contributed by atoms with van der Waals surface area (Å²) in [6, 6.07) is 15.6. The molecule has 0 saturated carbocycles. The van der Waals surface area contributed by atoms with Gasteiger partial charge in [0.2, 0.25) is 0 Å². The average Bonchev–Trinajstić information content (AvgIpc) is 2.83. The van der Waals surface area contributed by atoms with Crippen molar-refractivity contribution >= 4 is 23.3 Å². The number of carbonyl (C=O) groups is 3. The van der Waals surface area contributed by atoms with Crippen molar-refractivity contribution in [3.8, 4) is 0 Å². The Bertz CT molecular complexity index is 974.